The monoisotopic (exact) mass is 352 g/mol. The van der Waals surface area contributed by atoms with Crippen molar-refractivity contribution in [1.82, 2.24) is 15.8 Å². The van der Waals surface area contributed by atoms with Crippen LogP contribution in [0.5, 0.6) is 0 Å². The number of para-hydroxylation sites is 1. The standard InChI is InChI=1S/C19H20N4O3/c24-17-11-15(13-23(17)12-14-7-3-1-4-8-14)18(25)21-22-19(26)20-16-9-5-2-6-10-16/h1-10,15H,11-13H2,(H,21,25)(H2,20,22,26)/t15-/m0/s1. The number of nitrogens with one attached hydrogen (secondary N) is 3. The Bertz CT molecular complexity index is 780. The van der Waals surface area contributed by atoms with Crippen molar-refractivity contribution in [3.8, 4) is 0 Å². The van der Waals surface area contributed by atoms with Gasteiger partial charge in [0, 0.05) is 25.2 Å². The molecule has 0 spiro atoms. The molecule has 3 rings (SSSR count). The van der Waals surface area contributed by atoms with Crippen LogP contribution in [0.2, 0.25) is 0 Å². The van der Waals surface area contributed by atoms with Crippen molar-refractivity contribution in [3.63, 3.8) is 0 Å². The Morgan fingerprint density at radius 1 is 0.962 bits per heavy atom. The summed E-state index contributed by atoms with van der Waals surface area (Å²) in [5.74, 6) is -0.928. The molecule has 1 saturated heterocycles. The van der Waals surface area contributed by atoms with E-state index in [9.17, 15) is 14.4 Å². The molecule has 0 radical (unpaired) electrons. The first-order chi connectivity index (χ1) is 12.6. The second kappa shape index (κ2) is 8.15. The molecule has 0 aromatic heterocycles. The highest BCUT2D eigenvalue weighted by Gasteiger charge is 2.34. The van der Waals surface area contributed by atoms with E-state index in [-0.39, 0.29) is 18.2 Å². The van der Waals surface area contributed by atoms with Crippen LogP contribution < -0.4 is 16.2 Å². The van der Waals surface area contributed by atoms with Gasteiger partial charge in [0.05, 0.1) is 5.92 Å². The number of benzene rings is 2. The molecule has 0 saturated carbocycles. The fourth-order valence-corrected chi connectivity index (χ4v) is 2.81. The highest BCUT2D eigenvalue weighted by molar-refractivity contribution is 5.93. The van der Waals surface area contributed by atoms with Crippen molar-refractivity contribution < 1.29 is 14.4 Å². The third-order valence-electron chi connectivity index (χ3n) is 4.13. The van der Waals surface area contributed by atoms with Gasteiger partial charge in [-0.25, -0.2) is 10.2 Å². The number of rotatable bonds is 4. The summed E-state index contributed by atoms with van der Waals surface area (Å²) in [7, 11) is 0. The molecule has 26 heavy (non-hydrogen) atoms. The normalized spacial score (nSPS) is 16.2. The minimum Gasteiger partial charge on any atom is -0.338 e. The molecule has 3 N–H and O–H groups in total. The number of carbonyl (C=O) groups is 3. The van der Waals surface area contributed by atoms with Gasteiger partial charge in [-0.2, -0.15) is 0 Å². The maximum Gasteiger partial charge on any atom is 0.337 e. The number of anilines is 1. The Morgan fingerprint density at radius 3 is 2.31 bits per heavy atom. The fraction of sp³-hybridized carbons (Fsp3) is 0.211. The quantitative estimate of drug-likeness (QED) is 0.734. The molecule has 1 fully saturated rings. The topological polar surface area (TPSA) is 90.5 Å². The van der Waals surface area contributed by atoms with Crippen molar-refractivity contribution in [2.45, 2.75) is 13.0 Å². The lowest BCUT2D eigenvalue weighted by molar-refractivity contribution is -0.129. The van der Waals surface area contributed by atoms with E-state index in [1.54, 1.807) is 29.2 Å². The number of carbonyl (C=O) groups excluding carboxylic acids is 3. The van der Waals surface area contributed by atoms with Crippen molar-refractivity contribution in [2.24, 2.45) is 5.92 Å². The number of nitrogens with zero attached hydrogens (tertiary/aromatic N) is 1. The number of hydrazine groups is 1. The maximum atomic E-state index is 12.2. The first-order valence-electron chi connectivity index (χ1n) is 8.35. The van der Waals surface area contributed by atoms with Gasteiger partial charge in [-0.05, 0) is 17.7 Å². The van der Waals surface area contributed by atoms with Crippen LogP contribution in [-0.4, -0.2) is 29.3 Å². The molecule has 1 atom stereocenters. The third kappa shape index (κ3) is 4.60. The first-order valence-corrected chi connectivity index (χ1v) is 8.35. The summed E-state index contributed by atoms with van der Waals surface area (Å²) in [6, 6.07) is 18.0. The number of hydrogen-bond acceptors (Lipinski definition) is 3. The Hall–Kier alpha value is -3.35. The van der Waals surface area contributed by atoms with Crippen LogP contribution in [0.15, 0.2) is 60.7 Å². The maximum absolute atomic E-state index is 12.2. The van der Waals surface area contributed by atoms with E-state index in [0.717, 1.165) is 5.56 Å². The average Bonchev–Trinajstić information content (AvgIpc) is 3.02. The molecular weight excluding hydrogens is 332 g/mol. The molecule has 1 aliphatic heterocycles. The predicted octanol–water partition coefficient (Wildman–Crippen LogP) is 1.89. The van der Waals surface area contributed by atoms with Crippen LogP contribution in [0.3, 0.4) is 0 Å². The Balaban J connectivity index is 1.46. The summed E-state index contributed by atoms with van der Waals surface area (Å²) in [5, 5.41) is 2.60. The summed E-state index contributed by atoms with van der Waals surface area (Å²) < 4.78 is 0. The molecule has 7 heteroatoms. The van der Waals surface area contributed by atoms with E-state index in [0.29, 0.717) is 18.8 Å². The second-order valence-electron chi connectivity index (χ2n) is 6.10. The summed E-state index contributed by atoms with van der Waals surface area (Å²) in [5.41, 5.74) is 6.31. The van der Waals surface area contributed by atoms with E-state index in [4.69, 9.17) is 0 Å². The largest absolute Gasteiger partial charge is 0.338 e. The molecule has 4 amide bonds. The molecule has 0 aliphatic carbocycles. The van der Waals surface area contributed by atoms with Gasteiger partial charge in [-0.3, -0.25) is 15.0 Å². The van der Waals surface area contributed by atoms with Gasteiger partial charge in [-0.1, -0.05) is 48.5 Å². The molecule has 2 aromatic rings. The predicted molar refractivity (Wildman–Crippen MR) is 96.7 cm³/mol. The number of likely N-dealkylation sites (tertiary alicyclic amines) is 1. The van der Waals surface area contributed by atoms with Gasteiger partial charge >= 0.3 is 6.03 Å². The Kier molecular flexibility index (Phi) is 5.48. The number of urea groups is 1. The van der Waals surface area contributed by atoms with Crippen LogP contribution in [0, 0.1) is 5.92 Å². The van der Waals surface area contributed by atoms with Crippen LogP contribution >= 0.6 is 0 Å². The minimum atomic E-state index is -0.546. The van der Waals surface area contributed by atoms with Gasteiger partial charge < -0.3 is 10.2 Å². The van der Waals surface area contributed by atoms with Gasteiger partial charge in [0.1, 0.15) is 0 Å². The van der Waals surface area contributed by atoms with Crippen molar-refractivity contribution in [2.75, 3.05) is 11.9 Å². The minimum absolute atomic E-state index is 0.0669. The highest BCUT2D eigenvalue weighted by atomic mass is 16.2. The van der Waals surface area contributed by atoms with Gasteiger partial charge in [0.2, 0.25) is 11.8 Å². The lowest BCUT2D eigenvalue weighted by Crippen LogP contribution is -2.46. The van der Waals surface area contributed by atoms with Crippen LogP contribution in [-0.2, 0) is 16.1 Å². The van der Waals surface area contributed by atoms with E-state index in [2.05, 4.69) is 16.2 Å². The summed E-state index contributed by atoms with van der Waals surface area (Å²) in [6.07, 6.45) is 0.140. The molecule has 0 unspecified atom stereocenters. The first kappa shape index (κ1) is 17.5. The zero-order valence-corrected chi connectivity index (χ0v) is 14.1. The zero-order chi connectivity index (χ0) is 18.4. The fourth-order valence-electron chi connectivity index (χ4n) is 2.81. The summed E-state index contributed by atoms with van der Waals surface area (Å²) in [4.78, 5) is 37.8. The lowest BCUT2D eigenvalue weighted by atomic mass is 10.1. The van der Waals surface area contributed by atoms with E-state index < -0.39 is 11.9 Å². The van der Waals surface area contributed by atoms with E-state index >= 15 is 0 Å². The van der Waals surface area contributed by atoms with Crippen LogP contribution in [0.25, 0.3) is 0 Å². The highest BCUT2D eigenvalue weighted by Crippen LogP contribution is 2.20. The van der Waals surface area contributed by atoms with Crippen molar-refractivity contribution in [1.29, 1.82) is 0 Å². The molecule has 134 valence electrons. The van der Waals surface area contributed by atoms with Crippen LogP contribution in [0.1, 0.15) is 12.0 Å². The summed E-state index contributed by atoms with van der Waals surface area (Å²) >= 11 is 0. The molecule has 2 aromatic carbocycles. The van der Waals surface area contributed by atoms with E-state index in [1.807, 2.05) is 36.4 Å². The Morgan fingerprint density at radius 2 is 1.62 bits per heavy atom. The SMILES string of the molecule is O=C(NNC(=O)[C@H]1CC(=O)N(Cc2ccccc2)C1)Nc1ccccc1. The number of amides is 4. The smallest absolute Gasteiger partial charge is 0.337 e. The molecule has 0 bridgehead atoms. The molecule has 7 nitrogen and oxygen atoms in total. The molecular formula is C19H20N4O3. The zero-order valence-electron chi connectivity index (χ0n) is 14.1. The van der Waals surface area contributed by atoms with Crippen LogP contribution in [0.4, 0.5) is 10.5 Å². The van der Waals surface area contributed by atoms with Crippen molar-refractivity contribution in [3.05, 3.63) is 66.2 Å². The summed E-state index contributed by atoms with van der Waals surface area (Å²) in [6.45, 7) is 0.812. The number of hydrogen-bond donors (Lipinski definition) is 3. The van der Waals surface area contributed by atoms with Gasteiger partial charge in [0.25, 0.3) is 0 Å². The van der Waals surface area contributed by atoms with Crippen molar-refractivity contribution >= 4 is 23.5 Å². The molecule has 1 heterocycles. The Labute approximate surface area is 151 Å². The van der Waals surface area contributed by atoms with E-state index in [1.165, 1.54) is 0 Å². The molecule has 1 aliphatic rings. The van der Waals surface area contributed by atoms with Gasteiger partial charge in [-0.15, -0.1) is 0 Å². The average molecular weight is 352 g/mol. The lowest BCUT2D eigenvalue weighted by Gasteiger charge is -2.16. The third-order valence-corrected chi connectivity index (χ3v) is 4.13. The second-order valence-corrected chi connectivity index (χ2v) is 6.10. The van der Waals surface area contributed by atoms with Gasteiger partial charge in [0.15, 0.2) is 0 Å².